The first-order chi connectivity index (χ1) is 16.7. The number of aldehydes is 1. The maximum absolute atomic E-state index is 11.8. The fourth-order valence-electron chi connectivity index (χ4n) is 2.48. The van der Waals surface area contributed by atoms with Gasteiger partial charge < -0.3 is 18.9 Å². The van der Waals surface area contributed by atoms with Crippen LogP contribution < -0.4 is 0 Å². The van der Waals surface area contributed by atoms with Crippen molar-refractivity contribution in [3.63, 3.8) is 0 Å². The molecule has 35 heavy (non-hydrogen) atoms. The zero-order chi connectivity index (χ0) is 26.5. The van der Waals surface area contributed by atoms with Crippen molar-refractivity contribution in [3.8, 4) is 0 Å². The Hall–Kier alpha value is -2.01. The molecule has 0 amide bonds. The van der Waals surface area contributed by atoms with Crippen molar-refractivity contribution >= 4 is 64.6 Å². The molecule has 0 unspecified atom stereocenters. The van der Waals surface area contributed by atoms with Crippen molar-refractivity contribution in [2.75, 3.05) is 26.4 Å². The van der Waals surface area contributed by atoms with Gasteiger partial charge in [-0.2, -0.15) is 0 Å². The maximum Gasteiger partial charge on any atom is 0.358 e. The largest absolute Gasteiger partial charge is 0.461 e. The van der Waals surface area contributed by atoms with Gasteiger partial charge in [0.05, 0.1) is 38.9 Å². The molecule has 0 aromatic carbocycles. The van der Waals surface area contributed by atoms with E-state index in [1.807, 2.05) is 13.8 Å². The van der Waals surface area contributed by atoms with Gasteiger partial charge in [-0.15, -0.1) is 0 Å². The Kier molecular flexibility index (Phi) is 14.1. The van der Waals surface area contributed by atoms with Crippen LogP contribution >= 0.6 is 46.4 Å². The van der Waals surface area contributed by atoms with Crippen LogP contribution in [0.4, 0.5) is 0 Å². The van der Waals surface area contributed by atoms with E-state index in [9.17, 15) is 14.4 Å². The maximum atomic E-state index is 11.8. The molecule has 0 saturated heterocycles. The fourth-order valence-corrected chi connectivity index (χ4v) is 3.59. The van der Waals surface area contributed by atoms with Crippen LogP contribution in [0.1, 0.15) is 70.9 Å². The van der Waals surface area contributed by atoms with Gasteiger partial charge in [0, 0.05) is 31.2 Å². The van der Waals surface area contributed by atoms with Crippen LogP contribution in [0.15, 0.2) is 12.4 Å². The summed E-state index contributed by atoms with van der Waals surface area (Å²) in [5, 5.41) is 0.372. The number of carbonyl (C=O) groups excluding carboxylic acids is 3. The molecule has 2 aromatic heterocycles. The summed E-state index contributed by atoms with van der Waals surface area (Å²) in [6.45, 7) is 8.25. The summed E-state index contributed by atoms with van der Waals surface area (Å²) in [6, 6.07) is 0. The van der Waals surface area contributed by atoms with Crippen LogP contribution in [-0.4, -0.2) is 54.6 Å². The number of pyridine rings is 2. The van der Waals surface area contributed by atoms with Gasteiger partial charge in [0.15, 0.2) is 24.0 Å². The van der Waals surface area contributed by atoms with Crippen LogP contribution in [0.5, 0.6) is 0 Å². The zero-order valence-electron chi connectivity index (χ0n) is 19.4. The third-order valence-electron chi connectivity index (χ3n) is 3.94. The predicted molar refractivity (Wildman–Crippen MR) is 132 cm³/mol. The first-order valence-electron chi connectivity index (χ1n) is 10.4. The van der Waals surface area contributed by atoms with Crippen molar-refractivity contribution in [1.82, 2.24) is 9.97 Å². The smallest absolute Gasteiger partial charge is 0.358 e. The number of hydrogen-bond acceptors (Lipinski definition) is 9. The summed E-state index contributed by atoms with van der Waals surface area (Å²) < 4.78 is 20.5. The summed E-state index contributed by atoms with van der Waals surface area (Å²) >= 11 is 23.7. The van der Waals surface area contributed by atoms with E-state index in [1.165, 1.54) is 12.4 Å². The van der Waals surface area contributed by atoms with Crippen molar-refractivity contribution in [1.29, 1.82) is 0 Å². The van der Waals surface area contributed by atoms with E-state index in [0.29, 0.717) is 25.1 Å². The molecule has 0 fully saturated rings. The summed E-state index contributed by atoms with van der Waals surface area (Å²) in [5.74, 6) is -1.29. The Labute approximate surface area is 222 Å². The van der Waals surface area contributed by atoms with Gasteiger partial charge in [0.25, 0.3) is 0 Å². The lowest BCUT2D eigenvalue weighted by atomic mass is 10.2. The third kappa shape index (κ3) is 8.56. The Bertz CT molecular complexity index is 1030. The van der Waals surface area contributed by atoms with Gasteiger partial charge in [-0.05, 0) is 27.7 Å². The minimum atomic E-state index is -0.749. The van der Waals surface area contributed by atoms with E-state index in [1.54, 1.807) is 13.8 Å². The summed E-state index contributed by atoms with van der Waals surface area (Å²) in [7, 11) is 0. The molecular weight excluding hydrogens is 546 g/mol. The van der Waals surface area contributed by atoms with Crippen molar-refractivity contribution < 1.29 is 33.3 Å². The highest BCUT2D eigenvalue weighted by Gasteiger charge is 2.25. The Balaban J connectivity index is 0.000000365. The lowest BCUT2D eigenvalue weighted by Crippen LogP contribution is -2.14. The van der Waals surface area contributed by atoms with Gasteiger partial charge in [-0.3, -0.25) is 4.79 Å². The Morgan fingerprint density at radius 1 is 0.800 bits per heavy atom. The molecule has 0 aliphatic rings. The lowest BCUT2D eigenvalue weighted by Gasteiger charge is -2.20. The molecule has 0 saturated carbocycles. The number of hydrogen-bond donors (Lipinski definition) is 0. The average molecular weight is 570 g/mol. The van der Waals surface area contributed by atoms with Crippen molar-refractivity contribution in [2.24, 2.45) is 0 Å². The second-order valence-electron chi connectivity index (χ2n) is 6.17. The van der Waals surface area contributed by atoms with Crippen LogP contribution in [0.2, 0.25) is 20.1 Å². The van der Waals surface area contributed by atoms with Gasteiger partial charge >= 0.3 is 11.9 Å². The number of nitrogens with zero attached hydrogens (tertiary/aromatic N) is 2. The SMILES string of the molecule is CCOC(=O)c1ncc(Cl)c(C(OCC)OCC)c1Cl.CCOC(=O)c1ncc(Cl)c(C=O)c1Cl. The van der Waals surface area contributed by atoms with E-state index in [0.717, 1.165) is 0 Å². The number of aromatic nitrogens is 2. The molecule has 2 rings (SSSR count). The predicted octanol–water partition coefficient (Wildman–Crippen LogP) is 6.01. The summed E-state index contributed by atoms with van der Waals surface area (Å²) in [4.78, 5) is 41.3. The van der Waals surface area contributed by atoms with Crippen LogP contribution in [0, 0.1) is 0 Å². The molecule has 0 N–H and O–H groups in total. The van der Waals surface area contributed by atoms with E-state index in [2.05, 4.69) is 9.97 Å². The Morgan fingerprint density at radius 3 is 1.69 bits per heavy atom. The molecule has 0 spiro atoms. The number of halogens is 4. The number of carbonyl (C=O) groups is 3. The minimum absolute atomic E-state index is 0.00248. The van der Waals surface area contributed by atoms with E-state index >= 15 is 0 Å². The molecule has 0 aliphatic carbocycles. The van der Waals surface area contributed by atoms with Gasteiger partial charge in [0.2, 0.25) is 0 Å². The van der Waals surface area contributed by atoms with Gasteiger partial charge in [0.1, 0.15) is 0 Å². The molecule has 2 heterocycles. The number of esters is 2. The van der Waals surface area contributed by atoms with Crippen LogP contribution in [0.3, 0.4) is 0 Å². The highest BCUT2D eigenvalue weighted by Crippen LogP contribution is 2.34. The first-order valence-corrected chi connectivity index (χ1v) is 11.9. The molecule has 0 atom stereocenters. The highest BCUT2D eigenvalue weighted by atomic mass is 35.5. The second kappa shape index (κ2) is 15.9. The summed E-state index contributed by atoms with van der Waals surface area (Å²) in [6.07, 6.45) is 2.24. The van der Waals surface area contributed by atoms with E-state index in [4.69, 9.17) is 65.4 Å². The molecule has 2 aromatic rings. The first kappa shape index (κ1) is 31.0. The summed E-state index contributed by atoms with van der Waals surface area (Å²) in [5.41, 5.74) is 0.314. The van der Waals surface area contributed by atoms with Crippen molar-refractivity contribution in [2.45, 2.75) is 34.0 Å². The average Bonchev–Trinajstić information content (AvgIpc) is 2.80. The quantitative estimate of drug-likeness (QED) is 0.192. The molecule has 0 radical (unpaired) electrons. The fraction of sp³-hybridized carbons (Fsp3) is 0.409. The molecule has 192 valence electrons. The second-order valence-corrected chi connectivity index (χ2v) is 7.74. The van der Waals surface area contributed by atoms with Crippen molar-refractivity contribution in [3.05, 3.63) is 55.0 Å². The van der Waals surface area contributed by atoms with E-state index < -0.39 is 18.2 Å². The number of rotatable bonds is 10. The molecule has 13 heteroatoms. The van der Waals surface area contributed by atoms with E-state index in [-0.39, 0.29) is 50.3 Å². The lowest BCUT2D eigenvalue weighted by molar-refractivity contribution is -0.140. The topological polar surface area (TPSA) is 114 Å². The standard InChI is InChI=1S/C13H17Cl2NO4.C9H7Cl2NO3/c1-4-18-12(17)11-10(15)9(8(14)7-16-11)13(19-5-2)20-6-3;1-2-15-9(14)8-7(11)5(4-13)6(10)3-12-8/h7,13H,4-6H2,1-3H3;3-4H,2H2,1H3. The molecule has 0 bridgehead atoms. The normalized spacial score (nSPS) is 10.4. The highest BCUT2D eigenvalue weighted by molar-refractivity contribution is 6.40. The zero-order valence-corrected chi connectivity index (χ0v) is 22.4. The minimum Gasteiger partial charge on any atom is -0.461 e. The monoisotopic (exact) mass is 568 g/mol. The van der Waals surface area contributed by atoms with Gasteiger partial charge in [-0.1, -0.05) is 46.4 Å². The van der Waals surface area contributed by atoms with Crippen LogP contribution in [-0.2, 0) is 18.9 Å². The van der Waals surface area contributed by atoms with Crippen LogP contribution in [0.25, 0.3) is 0 Å². The molecular formula is C22H24Cl4N2O7. The molecule has 0 aliphatic heterocycles. The molecule has 9 nitrogen and oxygen atoms in total. The number of ether oxygens (including phenoxy) is 4. The Morgan fingerprint density at radius 2 is 1.26 bits per heavy atom. The van der Waals surface area contributed by atoms with Gasteiger partial charge in [-0.25, -0.2) is 19.6 Å². The third-order valence-corrected chi connectivity index (χ3v) is 5.31.